The van der Waals surface area contributed by atoms with Gasteiger partial charge in [0.25, 0.3) is 0 Å². The number of carbonyl (C=O) groups is 1. The van der Waals surface area contributed by atoms with Crippen LogP contribution in [0, 0.1) is 23.6 Å². The molecule has 0 N–H and O–H groups in total. The lowest BCUT2D eigenvalue weighted by atomic mass is 9.91. The Bertz CT molecular complexity index is 953. The fourth-order valence-corrected chi connectivity index (χ4v) is 4.62. The normalized spacial score (nSPS) is 21.0. The first kappa shape index (κ1) is 23.7. The smallest absolute Gasteiger partial charge is 0.324 e. The Morgan fingerprint density at radius 3 is 2.70 bits per heavy atom. The van der Waals surface area contributed by atoms with Crippen molar-refractivity contribution < 1.29 is 18.4 Å². The first-order chi connectivity index (χ1) is 15.8. The van der Waals surface area contributed by atoms with Gasteiger partial charge in [0.05, 0.1) is 19.6 Å². The van der Waals surface area contributed by atoms with E-state index in [9.17, 15) is 9.18 Å². The maximum absolute atomic E-state index is 14.4. The number of nitrogens with zero attached hydrogens (tertiary/aromatic N) is 4. The standard InChI is InChI=1S/C25H35FN4O3/c1-16(2)24-27-25(33-28-24)30-9-7-18(8-10-30)21-13-20(21)15-32-14-19-6-5-17(11-22(19)26)12-23(31)29(3)4/h5-6,11,16,18,20-21H,7-10,12-15H2,1-4H3. The van der Waals surface area contributed by atoms with Crippen molar-refractivity contribution in [3.8, 4) is 0 Å². The number of hydrogen-bond acceptors (Lipinski definition) is 6. The first-order valence-corrected chi connectivity index (χ1v) is 12.0. The van der Waals surface area contributed by atoms with Crippen LogP contribution < -0.4 is 4.90 Å². The van der Waals surface area contributed by atoms with Crippen molar-refractivity contribution in [3.05, 3.63) is 41.0 Å². The van der Waals surface area contributed by atoms with E-state index in [1.807, 2.05) is 6.07 Å². The maximum atomic E-state index is 14.4. The minimum absolute atomic E-state index is 0.0404. The topological polar surface area (TPSA) is 71.7 Å². The van der Waals surface area contributed by atoms with Crippen molar-refractivity contribution in [2.45, 2.75) is 52.1 Å². The SMILES string of the molecule is CC(C)c1noc(N2CCC(C3CC3COCc3ccc(CC(=O)N(C)C)cc3F)CC2)n1. The summed E-state index contributed by atoms with van der Waals surface area (Å²) >= 11 is 0. The van der Waals surface area contributed by atoms with Gasteiger partial charge in [0, 0.05) is 38.7 Å². The van der Waals surface area contributed by atoms with Gasteiger partial charge in [0.15, 0.2) is 5.82 Å². The summed E-state index contributed by atoms with van der Waals surface area (Å²) in [6.07, 6.45) is 3.65. The van der Waals surface area contributed by atoms with Gasteiger partial charge >= 0.3 is 6.01 Å². The highest BCUT2D eigenvalue weighted by molar-refractivity contribution is 5.78. The molecule has 1 aliphatic carbocycles. The number of likely N-dealkylation sites (N-methyl/N-ethyl adjacent to an activating group) is 1. The molecular weight excluding hydrogens is 423 g/mol. The van der Waals surface area contributed by atoms with E-state index in [0.717, 1.165) is 31.8 Å². The Morgan fingerprint density at radius 2 is 2.06 bits per heavy atom. The van der Waals surface area contributed by atoms with E-state index in [4.69, 9.17) is 9.26 Å². The molecule has 2 heterocycles. The molecule has 2 aliphatic rings. The number of hydrogen-bond donors (Lipinski definition) is 0. The van der Waals surface area contributed by atoms with Crippen LogP contribution in [0.2, 0.25) is 0 Å². The molecule has 7 nitrogen and oxygen atoms in total. The molecule has 2 atom stereocenters. The number of piperidine rings is 1. The third kappa shape index (κ3) is 5.91. The summed E-state index contributed by atoms with van der Waals surface area (Å²) in [5, 5.41) is 4.07. The fraction of sp³-hybridized carbons (Fsp3) is 0.640. The molecule has 0 spiro atoms. The summed E-state index contributed by atoms with van der Waals surface area (Å²) in [6.45, 7) is 6.96. The van der Waals surface area contributed by atoms with E-state index in [2.05, 4.69) is 28.9 Å². The minimum Gasteiger partial charge on any atom is -0.376 e. The molecule has 1 saturated heterocycles. The average Bonchev–Trinajstić information content (AvgIpc) is 3.37. The van der Waals surface area contributed by atoms with Crippen LogP contribution in [-0.4, -0.2) is 54.7 Å². The lowest BCUT2D eigenvalue weighted by Crippen LogP contribution is -2.34. The van der Waals surface area contributed by atoms with Crippen LogP contribution in [0.1, 0.15) is 56.0 Å². The molecule has 2 unspecified atom stereocenters. The second-order valence-corrected chi connectivity index (χ2v) is 9.98. The zero-order valence-electron chi connectivity index (χ0n) is 20.1. The maximum Gasteiger partial charge on any atom is 0.324 e. The number of aromatic nitrogens is 2. The van der Waals surface area contributed by atoms with Gasteiger partial charge in [0.1, 0.15) is 5.82 Å². The summed E-state index contributed by atoms with van der Waals surface area (Å²) in [6, 6.07) is 5.63. The Balaban J connectivity index is 1.17. The zero-order chi connectivity index (χ0) is 23.5. The lowest BCUT2D eigenvalue weighted by molar-refractivity contribution is -0.127. The Kier molecular flexibility index (Phi) is 7.32. The Morgan fingerprint density at radius 1 is 1.30 bits per heavy atom. The number of benzene rings is 1. The highest BCUT2D eigenvalue weighted by atomic mass is 19.1. The van der Waals surface area contributed by atoms with E-state index in [-0.39, 0.29) is 30.7 Å². The highest BCUT2D eigenvalue weighted by Gasteiger charge is 2.43. The van der Waals surface area contributed by atoms with Gasteiger partial charge in [-0.15, -0.1) is 0 Å². The van der Waals surface area contributed by atoms with E-state index < -0.39 is 0 Å². The number of carbonyl (C=O) groups excluding carboxylic acids is 1. The third-order valence-electron chi connectivity index (χ3n) is 6.90. The van der Waals surface area contributed by atoms with Crippen LogP contribution in [0.5, 0.6) is 0 Å². The molecule has 2 aromatic rings. The molecule has 1 aliphatic heterocycles. The number of rotatable bonds is 9. The van der Waals surface area contributed by atoms with Crippen LogP contribution in [0.3, 0.4) is 0 Å². The van der Waals surface area contributed by atoms with Gasteiger partial charge in [-0.1, -0.05) is 31.1 Å². The van der Waals surface area contributed by atoms with Crippen molar-refractivity contribution in [3.63, 3.8) is 0 Å². The van der Waals surface area contributed by atoms with E-state index in [1.165, 1.54) is 17.4 Å². The van der Waals surface area contributed by atoms with Crippen LogP contribution in [0.4, 0.5) is 10.4 Å². The fourth-order valence-electron chi connectivity index (χ4n) is 4.62. The molecule has 33 heavy (non-hydrogen) atoms. The number of anilines is 1. The third-order valence-corrected chi connectivity index (χ3v) is 6.90. The molecule has 1 saturated carbocycles. The van der Waals surface area contributed by atoms with Crippen molar-refractivity contribution >= 4 is 11.9 Å². The number of amides is 1. The van der Waals surface area contributed by atoms with Crippen LogP contribution in [0.15, 0.2) is 22.7 Å². The quantitative estimate of drug-likeness (QED) is 0.565. The van der Waals surface area contributed by atoms with Crippen molar-refractivity contribution in [2.75, 3.05) is 38.7 Å². The Hall–Kier alpha value is -2.48. The zero-order valence-corrected chi connectivity index (χ0v) is 20.1. The largest absolute Gasteiger partial charge is 0.376 e. The predicted molar refractivity (Wildman–Crippen MR) is 123 cm³/mol. The summed E-state index contributed by atoms with van der Waals surface area (Å²) in [5.74, 6) is 2.66. The van der Waals surface area contributed by atoms with E-state index >= 15 is 0 Å². The van der Waals surface area contributed by atoms with Gasteiger partial charge in [-0.05, 0) is 48.6 Å². The molecule has 1 amide bonds. The predicted octanol–water partition coefficient (Wildman–Crippen LogP) is 4.03. The molecule has 4 rings (SSSR count). The average molecular weight is 459 g/mol. The highest BCUT2D eigenvalue weighted by Crippen LogP contribution is 2.48. The second kappa shape index (κ2) is 10.2. The number of ether oxygens (including phenoxy) is 1. The van der Waals surface area contributed by atoms with Crippen molar-refractivity contribution in [2.24, 2.45) is 17.8 Å². The molecular formula is C25H35FN4O3. The molecule has 1 aromatic carbocycles. The lowest BCUT2D eigenvalue weighted by Gasteiger charge is -2.30. The van der Waals surface area contributed by atoms with Gasteiger partial charge in [-0.3, -0.25) is 4.79 Å². The first-order valence-electron chi connectivity index (χ1n) is 12.0. The van der Waals surface area contributed by atoms with Crippen molar-refractivity contribution in [1.29, 1.82) is 0 Å². The summed E-state index contributed by atoms with van der Waals surface area (Å²) < 4.78 is 25.7. The van der Waals surface area contributed by atoms with Crippen LogP contribution in [-0.2, 0) is 22.6 Å². The molecule has 0 bridgehead atoms. The van der Waals surface area contributed by atoms with Crippen molar-refractivity contribution in [1.82, 2.24) is 15.0 Å². The van der Waals surface area contributed by atoms with Crippen LogP contribution >= 0.6 is 0 Å². The second-order valence-electron chi connectivity index (χ2n) is 9.98. The van der Waals surface area contributed by atoms with Gasteiger partial charge < -0.3 is 19.1 Å². The molecule has 180 valence electrons. The minimum atomic E-state index is -0.305. The Labute approximate surface area is 195 Å². The summed E-state index contributed by atoms with van der Waals surface area (Å²) in [5.41, 5.74) is 1.23. The van der Waals surface area contributed by atoms with E-state index in [0.29, 0.717) is 41.5 Å². The molecule has 0 radical (unpaired) electrons. The van der Waals surface area contributed by atoms with Gasteiger partial charge in [0.2, 0.25) is 5.91 Å². The molecule has 8 heteroatoms. The summed E-state index contributed by atoms with van der Waals surface area (Å²) in [4.78, 5) is 20.0. The van der Waals surface area contributed by atoms with Gasteiger partial charge in [-0.2, -0.15) is 4.98 Å². The van der Waals surface area contributed by atoms with Crippen LogP contribution in [0.25, 0.3) is 0 Å². The summed E-state index contributed by atoms with van der Waals surface area (Å²) in [7, 11) is 3.40. The number of halogens is 1. The van der Waals surface area contributed by atoms with Gasteiger partial charge in [-0.25, -0.2) is 4.39 Å². The van der Waals surface area contributed by atoms with E-state index in [1.54, 1.807) is 20.2 Å². The monoisotopic (exact) mass is 458 g/mol. The molecule has 1 aromatic heterocycles. The molecule has 2 fully saturated rings.